The van der Waals surface area contributed by atoms with Gasteiger partial charge in [-0.05, 0) is 48.5 Å². The molecule has 222 valence electrons. The molecule has 1 saturated heterocycles. The molecule has 0 radical (unpaired) electrons. The smallest absolute Gasteiger partial charge is 0.338 e. The highest BCUT2D eigenvalue weighted by atomic mass is 35.5. The summed E-state index contributed by atoms with van der Waals surface area (Å²) in [5, 5.41) is 0.585. The molecule has 1 aliphatic heterocycles. The Bertz CT molecular complexity index is 1800. The minimum absolute atomic E-state index is 0.275. The number of carbonyl (C=O) groups excluding carboxylic acids is 3. The van der Waals surface area contributed by atoms with Crippen molar-refractivity contribution in [2.24, 2.45) is 0 Å². The fourth-order valence-corrected chi connectivity index (χ4v) is 5.22. The maximum absolute atomic E-state index is 13.4. The molecule has 4 atom stereocenters. The Morgan fingerprint density at radius 1 is 0.705 bits per heavy atom. The molecular formula is C33H24Cl2N2O7. The van der Waals surface area contributed by atoms with Crippen LogP contribution < -0.4 is 0 Å². The lowest BCUT2D eigenvalue weighted by atomic mass is 10.1. The van der Waals surface area contributed by atoms with E-state index >= 15 is 0 Å². The van der Waals surface area contributed by atoms with E-state index in [-0.39, 0.29) is 22.8 Å². The second-order valence-corrected chi connectivity index (χ2v) is 10.7. The zero-order valence-corrected chi connectivity index (χ0v) is 24.4. The Labute approximate surface area is 261 Å². The average Bonchev–Trinajstić information content (AvgIpc) is 3.61. The van der Waals surface area contributed by atoms with Gasteiger partial charge in [0.15, 0.2) is 18.4 Å². The van der Waals surface area contributed by atoms with Crippen molar-refractivity contribution in [3.05, 3.63) is 136 Å². The molecule has 2 heterocycles. The highest BCUT2D eigenvalue weighted by molar-refractivity contribution is 6.42. The van der Waals surface area contributed by atoms with Gasteiger partial charge in [0, 0.05) is 0 Å². The van der Waals surface area contributed by atoms with Crippen LogP contribution in [0.3, 0.4) is 0 Å². The molecular weight excluding hydrogens is 607 g/mol. The summed E-state index contributed by atoms with van der Waals surface area (Å²) in [7, 11) is 0. The summed E-state index contributed by atoms with van der Waals surface area (Å²) < 4.78 is 25.6. The fourth-order valence-electron chi connectivity index (χ4n) is 4.91. The van der Waals surface area contributed by atoms with Gasteiger partial charge in [-0.3, -0.25) is 0 Å². The highest BCUT2D eigenvalue weighted by Crippen LogP contribution is 2.38. The SMILES string of the molecule is O=C(OC[C@@H]1O[C@@H](n2cnc3cc(Cl)c(Cl)cc32)[C@@H](OC(=O)c2ccccc2)[C@@H]1OC(=O)c1ccccc1)c1ccccc1. The standard InChI is InChI=1S/C33H24Cl2N2O7/c34-23-16-25-26(17-24(23)35)37(19-36-25)30-29(44-33(40)22-14-8-3-9-15-22)28(43-32(39)21-12-6-2-7-13-21)27(42-30)18-41-31(38)20-10-4-1-5-11-20/h1-17,19,27-30H,18H2/t27-,28+,29-,30+/m0/s1. The van der Waals surface area contributed by atoms with Crippen molar-refractivity contribution in [1.29, 1.82) is 0 Å². The maximum Gasteiger partial charge on any atom is 0.338 e. The minimum atomic E-state index is -1.19. The van der Waals surface area contributed by atoms with Crippen LogP contribution >= 0.6 is 23.2 Å². The van der Waals surface area contributed by atoms with Gasteiger partial charge in [0.05, 0.1) is 44.1 Å². The quantitative estimate of drug-likeness (QED) is 0.140. The number of halogens is 2. The average molecular weight is 631 g/mol. The van der Waals surface area contributed by atoms with Crippen LogP contribution in [0.25, 0.3) is 11.0 Å². The molecule has 0 bridgehead atoms. The van der Waals surface area contributed by atoms with E-state index in [0.29, 0.717) is 21.6 Å². The number of nitrogens with zero attached hydrogens (tertiary/aromatic N) is 2. The molecule has 6 rings (SSSR count). The van der Waals surface area contributed by atoms with Crippen molar-refractivity contribution < 1.29 is 33.3 Å². The Hall–Kier alpha value is -4.70. The molecule has 1 aromatic heterocycles. The van der Waals surface area contributed by atoms with Crippen LogP contribution in [-0.2, 0) is 18.9 Å². The van der Waals surface area contributed by atoms with Crippen LogP contribution in [0, 0.1) is 0 Å². The largest absolute Gasteiger partial charge is 0.459 e. The van der Waals surface area contributed by atoms with Gasteiger partial charge in [-0.15, -0.1) is 0 Å². The molecule has 4 aromatic carbocycles. The lowest BCUT2D eigenvalue weighted by Crippen LogP contribution is -2.41. The van der Waals surface area contributed by atoms with Gasteiger partial charge in [-0.2, -0.15) is 0 Å². The molecule has 0 aliphatic carbocycles. The van der Waals surface area contributed by atoms with Gasteiger partial charge in [0.25, 0.3) is 0 Å². The highest BCUT2D eigenvalue weighted by Gasteiger charge is 2.51. The predicted molar refractivity (Wildman–Crippen MR) is 162 cm³/mol. The van der Waals surface area contributed by atoms with Crippen LogP contribution in [0.1, 0.15) is 37.3 Å². The predicted octanol–water partition coefficient (Wildman–Crippen LogP) is 6.55. The third-order valence-corrected chi connectivity index (χ3v) is 7.79. The summed E-state index contributed by atoms with van der Waals surface area (Å²) >= 11 is 12.6. The van der Waals surface area contributed by atoms with E-state index in [2.05, 4.69) is 4.98 Å². The molecule has 5 aromatic rings. The topological polar surface area (TPSA) is 106 Å². The van der Waals surface area contributed by atoms with E-state index in [1.807, 2.05) is 0 Å². The van der Waals surface area contributed by atoms with Crippen molar-refractivity contribution in [3.63, 3.8) is 0 Å². The summed E-state index contributed by atoms with van der Waals surface area (Å²) in [5.74, 6) is -1.94. The van der Waals surface area contributed by atoms with E-state index < -0.39 is 42.4 Å². The summed E-state index contributed by atoms with van der Waals surface area (Å²) in [6.45, 7) is -0.310. The van der Waals surface area contributed by atoms with Crippen LogP contribution in [0.4, 0.5) is 0 Å². The van der Waals surface area contributed by atoms with Crippen molar-refractivity contribution in [1.82, 2.24) is 9.55 Å². The van der Waals surface area contributed by atoms with Gasteiger partial charge in [0.1, 0.15) is 12.7 Å². The Morgan fingerprint density at radius 2 is 1.20 bits per heavy atom. The molecule has 11 heteroatoms. The molecule has 1 aliphatic rings. The van der Waals surface area contributed by atoms with E-state index in [1.54, 1.807) is 108 Å². The second kappa shape index (κ2) is 12.9. The summed E-state index contributed by atoms with van der Waals surface area (Å²) in [6, 6.07) is 28.4. The van der Waals surface area contributed by atoms with Gasteiger partial charge < -0.3 is 23.5 Å². The van der Waals surface area contributed by atoms with Crippen molar-refractivity contribution in [2.45, 2.75) is 24.5 Å². The maximum atomic E-state index is 13.4. The van der Waals surface area contributed by atoms with Gasteiger partial charge in [-0.25, -0.2) is 19.4 Å². The van der Waals surface area contributed by atoms with E-state index in [4.69, 9.17) is 42.1 Å². The third kappa shape index (κ3) is 6.16. The lowest BCUT2D eigenvalue weighted by Gasteiger charge is -2.25. The summed E-state index contributed by atoms with van der Waals surface area (Å²) in [6.07, 6.45) is -2.99. The summed E-state index contributed by atoms with van der Waals surface area (Å²) in [5.41, 5.74) is 1.93. The Kier molecular flexibility index (Phi) is 8.60. The van der Waals surface area contributed by atoms with Crippen molar-refractivity contribution >= 4 is 52.1 Å². The first-order valence-electron chi connectivity index (χ1n) is 13.6. The summed E-state index contributed by atoms with van der Waals surface area (Å²) in [4.78, 5) is 43.9. The number of rotatable bonds is 8. The fraction of sp³-hybridized carbons (Fsp3) is 0.152. The molecule has 44 heavy (non-hydrogen) atoms. The molecule has 0 amide bonds. The first kappa shape index (κ1) is 29.4. The van der Waals surface area contributed by atoms with Crippen molar-refractivity contribution in [2.75, 3.05) is 6.61 Å². The number of fused-ring (bicyclic) bond motifs is 1. The number of esters is 3. The molecule has 9 nitrogen and oxygen atoms in total. The molecule has 0 spiro atoms. The van der Waals surface area contributed by atoms with Crippen molar-refractivity contribution in [3.8, 4) is 0 Å². The van der Waals surface area contributed by atoms with E-state index in [1.165, 1.54) is 6.33 Å². The number of aromatic nitrogens is 2. The van der Waals surface area contributed by atoms with Crippen LogP contribution in [0.5, 0.6) is 0 Å². The minimum Gasteiger partial charge on any atom is -0.459 e. The Balaban J connectivity index is 1.38. The van der Waals surface area contributed by atoms with Crippen LogP contribution in [-0.4, -0.2) is 52.4 Å². The second-order valence-electron chi connectivity index (χ2n) is 9.91. The number of hydrogen-bond donors (Lipinski definition) is 0. The number of ether oxygens (including phenoxy) is 4. The zero-order valence-electron chi connectivity index (χ0n) is 22.9. The number of hydrogen-bond acceptors (Lipinski definition) is 8. The molecule has 1 fully saturated rings. The first-order valence-corrected chi connectivity index (χ1v) is 14.4. The van der Waals surface area contributed by atoms with Crippen LogP contribution in [0.2, 0.25) is 10.0 Å². The lowest BCUT2D eigenvalue weighted by molar-refractivity contribution is -0.0604. The first-order chi connectivity index (χ1) is 21.4. The third-order valence-electron chi connectivity index (χ3n) is 7.07. The Morgan fingerprint density at radius 3 is 1.77 bits per heavy atom. The van der Waals surface area contributed by atoms with E-state index in [0.717, 1.165) is 0 Å². The molecule has 0 unspecified atom stereocenters. The zero-order chi connectivity index (χ0) is 30.6. The van der Waals surface area contributed by atoms with Gasteiger partial charge >= 0.3 is 17.9 Å². The number of benzene rings is 4. The van der Waals surface area contributed by atoms with Gasteiger partial charge in [0.2, 0.25) is 0 Å². The van der Waals surface area contributed by atoms with Crippen LogP contribution in [0.15, 0.2) is 109 Å². The van der Waals surface area contributed by atoms with E-state index in [9.17, 15) is 14.4 Å². The monoisotopic (exact) mass is 630 g/mol. The normalized spacial score (nSPS) is 19.4. The van der Waals surface area contributed by atoms with Gasteiger partial charge in [-0.1, -0.05) is 77.8 Å². The number of carbonyl (C=O) groups is 3. The molecule has 0 N–H and O–H groups in total. The number of imidazole rings is 1. The molecule has 0 saturated carbocycles.